The number of hydrogen-bond acceptors (Lipinski definition) is 6. The lowest BCUT2D eigenvalue weighted by Crippen LogP contribution is -2.58. The number of rotatable bonds is 8. The van der Waals surface area contributed by atoms with Crippen LogP contribution in [0.4, 0.5) is 23.2 Å². The van der Waals surface area contributed by atoms with Gasteiger partial charge in [-0.25, -0.2) is 4.39 Å². The number of piperidine rings is 1. The highest BCUT2D eigenvalue weighted by Crippen LogP contribution is 2.55. The van der Waals surface area contributed by atoms with E-state index in [0.29, 0.717) is 50.1 Å². The first-order valence-electron chi connectivity index (χ1n) is 14.6. The molecule has 1 atom stereocenters. The monoisotopic (exact) mass is 600 g/mol. The number of carbonyl (C=O) groups excluding carboxylic acids is 2. The molecule has 230 valence electrons. The van der Waals surface area contributed by atoms with Crippen molar-refractivity contribution in [1.82, 2.24) is 15.2 Å². The second-order valence-electron chi connectivity index (χ2n) is 11.9. The third-order valence-electron chi connectivity index (χ3n) is 9.26. The van der Waals surface area contributed by atoms with E-state index in [0.717, 1.165) is 37.0 Å². The standard InChI is InChI=1S/C32H36F4N4O3/c1-39(15-11-28(42)38-21-41)24-17-25-27(37-18-24)10-9-26(29(25)33)31(43)14-16-40(20-30(31)12-3-2-4-13-30)19-22-5-7-23(8-6-22)32(34,35)36/h5-10,17-18,21,43H,2-4,11-16,19-20H2,1H3,(H,38,41,42). The summed E-state index contributed by atoms with van der Waals surface area (Å²) in [4.78, 5) is 30.5. The normalized spacial score (nSPS) is 20.7. The van der Waals surface area contributed by atoms with Crippen LogP contribution in [0.1, 0.15) is 61.6 Å². The molecule has 5 rings (SSSR count). The lowest BCUT2D eigenvalue weighted by atomic mass is 9.57. The van der Waals surface area contributed by atoms with E-state index in [1.54, 1.807) is 36.3 Å². The molecular formula is C32H36F4N4O3. The van der Waals surface area contributed by atoms with Gasteiger partial charge in [0.25, 0.3) is 0 Å². The molecule has 7 nitrogen and oxygen atoms in total. The summed E-state index contributed by atoms with van der Waals surface area (Å²) in [5.41, 5.74) is -0.705. The Hall–Kier alpha value is -3.57. The third kappa shape index (κ3) is 6.24. The Morgan fingerprint density at radius 1 is 1.12 bits per heavy atom. The molecule has 1 aliphatic heterocycles. The van der Waals surface area contributed by atoms with Crippen LogP contribution in [0.5, 0.6) is 0 Å². The molecule has 3 aromatic rings. The van der Waals surface area contributed by atoms with Crippen molar-refractivity contribution in [1.29, 1.82) is 0 Å². The topological polar surface area (TPSA) is 85.8 Å². The molecule has 2 N–H and O–H groups in total. The molecule has 1 spiro atoms. The van der Waals surface area contributed by atoms with Gasteiger partial charge in [0, 0.05) is 56.0 Å². The number of hydrogen-bond donors (Lipinski definition) is 2. The Balaban J connectivity index is 1.42. The second-order valence-corrected chi connectivity index (χ2v) is 11.9. The van der Waals surface area contributed by atoms with Gasteiger partial charge in [-0.15, -0.1) is 0 Å². The highest BCUT2D eigenvalue weighted by atomic mass is 19.4. The van der Waals surface area contributed by atoms with Crippen molar-refractivity contribution < 1.29 is 32.3 Å². The van der Waals surface area contributed by atoms with Gasteiger partial charge in [0.15, 0.2) is 0 Å². The molecule has 1 unspecified atom stereocenters. The molecule has 2 amide bonds. The van der Waals surface area contributed by atoms with Crippen LogP contribution in [-0.4, -0.2) is 54.0 Å². The van der Waals surface area contributed by atoms with Crippen molar-refractivity contribution in [2.45, 2.75) is 63.3 Å². The summed E-state index contributed by atoms with van der Waals surface area (Å²) in [6.07, 6.45) is 2.16. The number of benzene rings is 2. The second kappa shape index (κ2) is 12.2. The van der Waals surface area contributed by atoms with Gasteiger partial charge in [0.2, 0.25) is 12.3 Å². The minimum absolute atomic E-state index is 0.0705. The van der Waals surface area contributed by atoms with E-state index in [9.17, 15) is 27.9 Å². The molecule has 2 heterocycles. The van der Waals surface area contributed by atoms with Crippen LogP contribution in [0.2, 0.25) is 0 Å². The fourth-order valence-electron chi connectivity index (χ4n) is 6.85. The number of alkyl halides is 3. The number of anilines is 1. The Morgan fingerprint density at radius 3 is 2.51 bits per heavy atom. The van der Waals surface area contributed by atoms with E-state index < -0.39 is 34.5 Å². The van der Waals surface area contributed by atoms with E-state index in [2.05, 4.69) is 15.2 Å². The summed E-state index contributed by atoms with van der Waals surface area (Å²) < 4.78 is 55.6. The Bertz CT molecular complexity index is 1470. The van der Waals surface area contributed by atoms with Crippen LogP contribution in [0, 0.1) is 11.2 Å². The maximum atomic E-state index is 16.4. The van der Waals surface area contributed by atoms with Crippen molar-refractivity contribution in [3.8, 4) is 0 Å². The van der Waals surface area contributed by atoms with Crippen LogP contribution in [0.25, 0.3) is 10.9 Å². The predicted octanol–water partition coefficient (Wildman–Crippen LogP) is 5.54. The summed E-state index contributed by atoms with van der Waals surface area (Å²) in [7, 11) is 1.75. The lowest BCUT2D eigenvalue weighted by molar-refractivity contribution is -0.161. The maximum Gasteiger partial charge on any atom is 0.416 e. The van der Waals surface area contributed by atoms with Crippen molar-refractivity contribution in [3.63, 3.8) is 0 Å². The molecular weight excluding hydrogens is 564 g/mol. The van der Waals surface area contributed by atoms with Crippen LogP contribution < -0.4 is 10.2 Å². The SMILES string of the molecule is CN(CCC(=O)NC=O)c1cnc2ccc(C3(O)CCN(Cc4ccc(C(F)(F)F)cc4)CC34CCCCC4)c(F)c2c1. The number of halogens is 4. The molecule has 0 bridgehead atoms. The molecule has 2 aliphatic rings. The van der Waals surface area contributed by atoms with E-state index in [-0.39, 0.29) is 30.3 Å². The maximum absolute atomic E-state index is 16.4. The van der Waals surface area contributed by atoms with Crippen LogP contribution in [0.3, 0.4) is 0 Å². The number of aromatic nitrogens is 1. The first-order chi connectivity index (χ1) is 20.5. The van der Waals surface area contributed by atoms with E-state index in [1.807, 2.05) is 0 Å². The molecule has 1 aromatic heterocycles. The Labute approximate surface area is 247 Å². The number of imide groups is 1. The fourth-order valence-corrected chi connectivity index (χ4v) is 6.85. The molecule has 1 saturated heterocycles. The van der Waals surface area contributed by atoms with E-state index in [4.69, 9.17) is 0 Å². The van der Waals surface area contributed by atoms with Gasteiger partial charge in [-0.1, -0.05) is 37.5 Å². The minimum atomic E-state index is -4.39. The fraction of sp³-hybridized carbons (Fsp3) is 0.469. The average Bonchev–Trinajstić information content (AvgIpc) is 2.98. The Kier molecular flexibility index (Phi) is 8.76. The third-order valence-corrected chi connectivity index (χ3v) is 9.26. The Morgan fingerprint density at radius 2 is 1.84 bits per heavy atom. The smallest absolute Gasteiger partial charge is 0.384 e. The number of aliphatic hydroxyl groups is 1. The van der Waals surface area contributed by atoms with Gasteiger partial charge < -0.3 is 10.0 Å². The predicted molar refractivity (Wildman–Crippen MR) is 155 cm³/mol. The van der Waals surface area contributed by atoms with Crippen molar-refractivity contribution in [2.24, 2.45) is 5.41 Å². The summed E-state index contributed by atoms with van der Waals surface area (Å²) in [6.45, 7) is 1.70. The number of nitrogens with one attached hydrogen (secondary N) is 1. The molecule has 2 fully saturated rings. The molecule has 1 saturated carbocycles. The summed E-state index contributed by atoms with van der Waals surface area (Å²) >= 11 is 0. The quantitative estimate of drug-likeness (QED) is 0.261. The zero-order valence-corrected chi connectivity index (χ0v) is 24.1. The minimum Gasteiger partial charge on any atom is -0.384 e. The average molecular weight is 601 g/mol. The van der Waals surface area contributed by atoms with Crippen LogP contribution >= 0.6 is 0 Å². The summed E-state index contributed by atoms with van der Waals surface area (Å²) in [6, 6.07) is 10.2. The van der Waals surface area contributed by atoms with Crippen molar-refractivity contribution in [3.05, 3.63) is 71.2 Å². The molecule has 43 heavy (non-hydrogen) atoms. The van der Waals surface area contributed by atoms with Gasteiger partial charge in [0.1, 0.15) is 11.4 Å². The number of carbonyl (C=O) groups is 2. The largest absolute Gasteiger partial charge is 0.416 e. The first-order valence-corrected chi connectivity index (χ1v) is 14.6. The van der Waals surface area contributed by atoms with Crippen molar-refractivity contribution in [2.75, 3.05) is 31.6 Å². The number of likely N-dealkylation sites (tertiary alicyclic amines) is 1. The zero-order chi connectivity index (χ0) is 30.8. The number of amides is 2. The van der Waals surface area contributed by atoms with Gasteiger partial charge in [-0.3, -0.25) is 24.8 Å². The number of pyridine rings is 1. The molecule has 0 radical (unpaired) electrons. The van der Waals surface area contributed by atoms with Gasteiger partial charge in [-0.2, -0.15) is 13.2 Å². The van der Waals surface area contributed by atoms with Crippen LogP contribution in [0.15, 0.2) is 48.7 Å². The van der Waals surface area contributed by atoms with E-state index in [1.165, 1.54) is 12.1 Å². The van der Waals surface area contributed by atoms with Gasteiger partial charge in [-0.05, 0) is 49.1 Å². The van der Waals surface area contributed by atoms with E-state index >= 15 is 4.39 Å². The summed E-state index contributed by atoms with van der Waals surface area (Å²) in [5, 5.41) is 14.8. The lowest BCUT2D eigenvalue weighted by Gasteiger charge is -2.56. The molecule has 1 aliphatic carbocycles. The van der Waals surface area contributed by atoms with Crippen molar-refractivity contribution >= 4 is 28.9 Å². The first kappa shape index (κ1) is 30.9. The molecule has 2 aromatic carbocycles. The highest BCUT2D eigenvalue weighted by molar-refractivity contribution is 5.86. The number of fused-ring (bicyclic) bond motifs is 1. The van der Waals surface area contributed by atoms with Gasteiger partial charge >= 0.3 is 6.18 Å². The zero-order valence-electron chi connectivity index (χ0n) is 24.1. The van der Waals surface area contributed by atoms with Crippen LogP contribution in [-0.2, 0) is 27.9 Å². The molecule has 11 heteroatoms. The number of nitrogens with zero attached hydrogens (tertiary/aromatic N) is 3. The highest BCUT2D eigenvalue weighted by Gasteiger charge is 2.55. The summed E-state index contributed by atoms with van der Waals surface area (Å²) in [5.74, 6) is -0.948. The van der Waals surface area contributed by atoms with Gasteiger partial charge in [0.05, 0.1) is 23.0 Å².